The second kappa shape index (κ2) is 6.00. The van der Waals surface area contributed by atoms with Crippen molar-refractivity contribution in [1.82, 2.24) is 0 Å². The van der Waals surface area contributed by atoms with Gasteiger partial charge in [-0.3, -0.25) is 4.72 Å². The summed E-state index contributed by atoms with van der Waals surface area (Å²) >= 11 is 0. The van der Waals surface area contributed by atoms with Gasteiger partial charge in [-0.05, 0) is 24.6 Å². The van der Waals surface area contributed by atoms with Gasteiger partial charge in [0.1, 0.15) is 0 Å². The van der Waals surface area contributed by atoms with Crippen LogP contribution in [0, 0.1) is 0 Å². The summed E-state index contributed by atoms with van der Waals surface area (Å²) < 4.78 is 30.3. The van der Waals surface area contributed by atoms with Crippen LogP contribution in [0.15, 0.2) is 24.3 Å². The third kappa shape index (κ3) is 4.72. The molecule has 0 heterocycles. The van der Waals surface area contributed by atoms with E-state index in [0.717, 1.165) is 5.56 Å². The molecule has 5 nitrogen and oxygen atoms in total. The lowest BCUT2D eigenvalue weighted by molar-refractivity contribution is 0.217. The highest BCUT2D eigenvalue weighted by atomic mass is 32.2. The van der Waals surface area contributed by atoms with Crippen LogP contribution >= 0.6 is 0 Å². The molecular weight excluding hydrogens is 240 g/mol. The van der Waals surface area contributed by atoms with E-state index in [1.165, 1.54) is 7.11 Å². The molecule has 6 heteroatoms. The maximum atomic E-state index is 11.6. The Morgan fingerprint density at radius 3 is 2.41 bits per heavy atom. The van der Waals surface area contributed by atoms with Gasteiger partial charge in [0.2, 0.25) is 10.0 Å². The monoisotopic (exact) mass is 258 g/mol. The first-order chi connectivity index (χ1) is 7.94. The molecule has 1 aromatic rings. The zero-order chi connectivity index (χ0) is 12.9. The van der Waals surface area contributed by atoms with Crippen molar-refractivity contribution in [3.05, 3.63) is 29.8 Å². The quantitative estimate of drug-likeness (QED) is 0.800. The van der Waals surface area contributed by atoms with Gasteiger partial charge in [-0.2, -0.15) is 0 Å². The average molecular weight is 258 g/mol. The van der Waals surface area contributed by atoms with E-state index in [2.05, 4.69) is 4.72 Å². The van der Waals surface area contributed by atoms with E-state index in [1.807, 2.05) is 6.92 Å². The van der Waals surface area contributed by atoms with E-state index >= 15 is 0 Å². The Labute approximate surface area is 102 Å². The van der Waals surface area contributed by atoms with Crippen LogP contribution < -0.4 is 10.5 Å². The lowest BCUT2D eigenvalue weighted by atomic mass is 10.1. The lowest BCUT2D eigenvalue weighted by Gasteiger charge is -2.09. The van der Waals surface area contributed by atoms with Gasteiger partial charge in [0.25, 0.3) is 0 Å². The molecule has 0 saturated heterocycles. The first-order valence-corrected chi connectivity index (χ1v) is 6.95. The summed E-state index contributed by atoms with van der Waals surface area (Å²) in [6.07, 6.45) is 0. The number of nitrogens with two attached hydrogens (primary N) is 1. The van der Waals surface area contributed by atoms with E-state index in [1.54, 1.807) is 24.3 Å². The lowest BCUT2D eigenvalue weighted by Crippen LogP contribution is -2.19. The molecule has 3 N–H and O–H groups in total. The van der Waals surface area contributed by atoms with Crippen molar-refractivity contribution >= 4 is 15.7 Å². The van der Waals surface area contributed by atoms with Crippen LogP contribution in [0.2, 0.25) is 0 Å². The summed E-state index contributed by atoms with van der Waals surface area (Å²) in [5.74, 6) is -0.0570. The van der Waals surface area contributed by atoms with E-state index < -0.39 is 10.0 Å². The number of nitrogens with one attached hydrogen (secondary N) is 1. The van der Waals surface area contributed by atoms with Crippen molar-refractivity contribution in [2.45, 2.75) is 13.0 Å². The summed E-state index contributed by atoms with van der Waals surface area (Å²) in [7, 11) is -1.87. The fourth-order valence-corrected chi connectivity index (χ4v) is 2.26. The Balaban J connectivity index is 2.69. The Bertz CT molecular complexity index is 440. The fraction of sp³-hybridized carbons (Fsp3) is 0.455. The summed E-state index contributed by atoms with van der Waals surface area (Å²) in [5.41, 5.74) is 7.20. The smallest absolute Gasteiger partial charge is 0.234 e. The Hall–Kier alpha value is -1.11. The van der Waals surface area contributed by atoms with E-state index in [-0.39, 0.29) is 18.4 Å². The average Bonchev–Trinajstić information content (AvgIpc) is 2.26. The normalized spacial score (nSPS) is 13.4. The van der Waals surface area contributed by atoms with Crippen LogP contribution in [0.3, 0.4) is 0 Å². The second-order valence-corrected chi connectivity index (χ2v) is 5.67. The molecule has 96 valence electrons. The molecule has 1 aromatic carbocycles. The molecule has 1 atom stereocenters. The zero-order valence-electron chi connectivity index (χ0n) is 10.0. The van der Waals surface area contributed by atoms with Gasteiger partial charge in [0, 0.05) is 18.8 Å². The highest BCUT2D eigenvalue weighted by Crippen LogP contribution is 2.15. The molecule has 1 unspecified atom stereocenters. The van der Waals surface area contributed by atoms with Gasteiger partial charge in [-0.1, -0.05) is 12.1 Å². The van der Waals surface area contributed by atoms with Crippen LogP contribution in [0.5, 0.6) is 0 Å². The van der Waals surface area contributed by atoms with Crippen LogP contribution in [-0.2, 0) is 14.8 Å². The number of benzene rings is 1. The van der Waals surface area contributed by atoms with Crippen LogP contribution in [0.4, 0.5) is 5.69 Å². The fourth-order valence-electron chi connectivity index (χ4n) is 1.28. The Morgan fingerprint density at radius 1 is 1.35 bits per heavy atom. The molecule has 0 saturated carbocycles. The van der Waals surface area contributed by atoms with Crippen molar-refractivity contribution in [3.63, 3.8) is 0 Å². The van der Waals surface area contributed by atoms with Gasteiger partial charge in [0.05, 0.1) is 12.4 Å². The van der Waals surface area contributed by atoms with E-state index in [0.29, 0.717) is 5.69 Å². The largest absolute Gasteiger partial charge is 0.384 e. The van der Waals surface area contributed by atoms with Crippen LogP contribution in [0.1, 0.15) is 18.5 Å². The van der Waals surface area contributed by atoms with Gasteiger partial charge >= 0.3 is 0 Å². The van der Waals surface area contributed by atoms with Gasteiger partial charge in [-0.15, -0.1) is 0 Å². The maximum absolute atomic E-state index is 11.6. The number of methoxy groups -OCH3 is 1. The van der Waals surface area contributed by atoms with Crippen molar-refractivity contribution in [2.24, 2.45) is 5.73 Å². The summed E-state index contributed by atoms with van der Waals surface area (Å²) in [6, 6.07) is 6.94. The predicted molar refractivity (Wildman–Crippen MR) is 68.3 cm³/mol. The standard InChI is InChI=1S/C11H18N2O3S/c1-9(12)10-3-5-11(6-4-10)13-17(14,15)8-7-16-2/h3-6,9,13H,7-8,12H2,1-2H3. The topological polar surface area (TPSA) is 81.4 Å². The van der Waals surface area contributed by atoms with Crippen molar-refractivity contribution in [1.29, 1.82) is 0 Å². The minimum atomic E-state index is -3.34. The summed E-state index contributed by atoms with van der Waals surface area (Å²) in [4.78, 5) is 0. The first kappa shape index (κ1) is 14.0. The minimum absolute atomic E-state index is 0.0570. The van der Waals surface area contributed by atoms with Crippen molar-refractivity contribution < 1.29 is 13.2 Å². The third-order valence-corrected chi connectivity index (χ3v) is 3.52. The molecule has 0 fully saturated rings. The number of sulfonamides is 1. The van der Waals surface area contributed by atoms with Gasteiger partial charge in [-0.25, -0.2) is 8.42 Å². The molecule has 17 heavy (non-hydrogen) atoms. The molecule has 0 aliphatic rings. The molecule has 1 rings (SSSR count). The van der Waals surface area contributed by atoms with Crippen molar-refractivity contribution in [3.8, 4) is 0 Å². The molecule has 0 amide bonds. The minimum Gasteiger partial charge on any atom is -0.384 e. The highest BCUT2D eigenvalue weighted by molar-refractivity contribution is 7.92. The molecule has 0 aliphatic heterocycles. The molecule has 0 aromatic heterocycles. The third-order valence-electron chi connectivity index (χ3n) is 2.27. The zero-order valence-corrected chi connectivity index (χ0v) is 10.8. The number of hydrogen-bond acceptors (Lipinski definition) is 4. The molecule has 0 radical (unpaired) electrons. The SMILES string of the molecule is COCCS(=O)(=O)Nc1ccc(C(C)N)cc1. The van der Waals surface area contributed by atoms with Crippen LogP contribution in [0.25, 0.3) is 0 Å². The maximum Gasteiger partial charge on any atom is 0.234 e. The van der Waals surface area contributed by atoms with Gasteiger partial charge < -0.3 is 10.5 Å². The Morgan fingerprint density at radius 2 is 1.94 bits per heavy atom. The second-order valence-electron chi connectivity index (χ2n) is 3.82. The van der Waals surface area contributed by atoms with Crippen LogP contribution in [-0.4, -0.2) is 27.9 Å². The van der Waals surface area contributed by atoms with E-state index in [4.69, 9.17) is 10.5 Å². The molecule has 0 spiro atoms. The Kier molecular flexibility index (Phi) is 4.92. The predicted octanol–water partition coefficient (Wildman–Crippen LogP) is 1.09. The number of ether oxygens (including phenoxy) is 1. The van der Waals surface area contributed by atoms with Gasteiger partial charge in [0.15, 0.2) is 0 Å². The molecular formula is C11H18N2O3S. The van der Waals surface area contributed by atoms with Crippen molar-refractivity contribution in [2.75, 3.05) is 24.2 Å². The number of rotatable bonds is 6. The molecule has 0 aliphatic carbocycles. The summed E-state index contributed by atoms with van der Waals surface area (Å²) in [5, 5.41) is 0. The summed E-state index contributed by atoms with van der Waals surface area (Å²) in [6.45, 7) is 2.05. The number of hydrogen-bond donors (Lipinski definition) is 2. The molecule has 0 bridgehead atoms. The number of anilines is 1. The highest BCUT2D eigenvalue weighted by Gasteiger charge is 2.09. The first-order valence-electron chi connectivity index (χ1n) is 5.29. The van der Waals surface area contributed by atoms with E-state index in [9.17, 15) is 8.42 Å².